The molecule has 0 saturated carbocycles. The predicted molar refractivity (Wildman–Crippen MR) is 120 cm³/mol. The maximum atomic E-state index is 13.1. The molecule has 0 radical (unpaired) electrons. The fourth-order valence-corrected chi connectivity index (χ4v) is 4.87. The minimum atomic E-state index is 0.0341. The van der Waals surface area contributed by atoms with Crippen molar-refractivity contribution >= 4 is 33.7 Å². The molecule has 4 rings (SSSR count). The molecule has 0 N–H and O–H groups in total. The third kappa shape index (κ3) is 5.11. The van der Waals surface area contributed by atoms with Gasteiger partial charge in [0.15, 0.2) is 5.13 Å². The van der Waals surface area contributed by atoms with Crippen LogP contribution < -0.4 is 4.90 Å². The van der Waals surface area contributed by atoms with E-state index >= 15 is 0 Å². The smallest absolute Gasteiger partial charge is 0.270 e. The number of ether oxygens (including phenoxy) is 1. The quantitative estimate of drug-likeness (QED) is 0.555. The average Bonchev–Trinajstić information content (AvgIpc) is 3.45. The summed E-state index contributed by atoms with van der Waals surface area (Å²) in [6.45, 7) is 7.23. The van der Waals surface area contributed by atoms with Gasteiger partial charge in [0.05, 0.1) is 23.8 Å². The molecule has 1 saturated heterocycles. The third-order valence-electron chi connectivity index (χ3n) is 5.01. The molecule has 29 heavy (non-hydrogen) atoms. The van der Waals surface area contributed by atoms with E-state index in [-0.39, 0.29) is 5.91 Å². The molecule has 5 nitrogen and oxygen atoms in total. The van der Waals surface area contributed by atoms with Gasteiger partial charge in [-0.25, -0.2) is 4.98 Å². The summed E-state index contributed by atoms with van der Waals surface area (Å²) in [5.74, 6) is 0.0341. The highest BCUT2D eigenvalue weighted by Gasteiger charge is 2.22. The van der Waals surface area contributed by atoms with Gasteiger partial charge in [-0.05, 0) is 24.8 Å². The Hall–Kier alpha value is -2.06. The number of nitrogens with zero attached hydrogens (tertiary/aromatic N) is 3. The molecule has 7 heteroatoms. The summed E-state index contributed by atoms with van der Waals surface area (Å²) >= 11 is 3.01. The molecule has 1 aromatic carbocycles. The number of amides is 1. The van der Waals surface area contributed by atoms with Crippen molar-refractivity contribution in [1.29, 1.82) is 0 Å². The van der Waals surface area contributed by atoms with Crippen LogP contribution in [-0.2, 0) is 4.74 Å². The second-order valence-corrected chi connectivity index (χ2v) is 8.91. The largest absolute Gasteiger partial charge is 0.379 e. The first-order chi connectivity index (χ1) is 14.2. The van der Waals surface area contributed by atoms with Crippen molar-refractivity contribution in [2.24, 2.45) is 0 Å². The van der Waals surface area contributed by atoms with Crippen LogP contribution in [0.1, 0.15) is 21.7 Å². The molecule has 2 aromatic heterocycles. The highest BCUT2D eigenvalue weighted by atomic mass is 32.1. The molecule has 0 aliphatic carbocycles. The molecule has 0 unspecified atom stereocenters. The number of thiazole rings is 1. The Balaban J connectivity index is 1.50. The van der Waals surface area contributed by atoms with Gasteiger partial charge in [0, 0.05) is 37.1 Å². The number of morpholine rings is 1. The molecule has 1 aliphatic heterocycles. The van der Waals surface area contributed by atoms with Crippen LogP contribution >= 0.6 is 22.7 Å². The van der Waals surface area contributed by atoms with Crippen molar-refractivity contribution in [3.8, 4) is 11.3 Å². The van der Waals surface area contributed by atoms with Crippen LogP contribution in [0.3, 0.4) is 0 Å². The van der Waals surface area contributed by atoms with E-state index in [0.29, 0.717) is 6.54 Å². The van der Waals surface area contributed by atoms with Gasteiger partial charge in [-0.2, -0.15) is 0 Å². The summed E-state index contributed by atoms with van der Waals surface area (Å²) in [4.78, 5) is 22.9. The van der Waals surface area contributed by atoms with E-state index in [1.807, 2.05) is 27.8 Å². The number of carbonyl (C=O) groups is 1. The SMILES string of the molecule is Cc1ccc(-c2csc(N(CCCN3CCOCC3)C(=O)c3cccs3)n2)cc1. The van der Waals surface area contributed by atoms with Crippen molar-refractivity contribution < 1.29 is 9.53 Å². The highest BCUT2D eigenvalue weighted by molar-refractivity contribution is 7.14. The number of aryl methyl sites for hydroxylation is 1. The Morgan fingerprint density at radius 2 is 1.97 bits per heavy atom. The van der Waals surface area contributed by atoms with Gasteiger partial charge in [0.2, 0.25) is 0 Å². The number of hydrogen-bond donors (Lipinski definition) is 0. The maximum absolute atomic E-state index is 13.1. The van der Waals surface area contributed by atoms with E-state index in [9.17, 15) is 4.79 Å². The van der Waals surface area contributed by atoms with Crippen LogP contribution in [0.5, 0.6) is 0 Å². The lowest BCUT2D eigenvalue weighted by atomic mass is 10.1. The Bertz CT molecular complexity index is 916. The van der Waals surface area contributed by atoms with Gasteiger partial charge < -0.3 is 4.74 Å². The van der Waals surface area contributed by atoms with E-state index in [0.717, 1.165) is 60.5 Å². The minimum Gasteiger partial charge on any atom is -0.379 e. The van der Waals surface area contributed by atoms with Crippen molar-refractivity contribution in [3.05, 3.63) is 57.6 Å². The zero-order valence-electron chi connectivity index (χ0n) is 16.5. The zero-order chi connectivity index (χ0) is 20.1. The third-order valence-corrected chi connectivity index (χ3v) is 6.73. The molecule has 0 atom stereocenters. The monoisotopic (exact) mass is 427 g/mol. The van der Waals surface area contributed by atoms with Gasteiger partial charge in [0.1, 0.15) is 0 Å². The molecule has 1 amide bonds. The second-order valence-electron chi connectivity index (χ2n) is 7.12. The van der Waals surface area contributed by atoms with Gasteiger partial charge in [-0.15, -0.1) is 22.7 Å². The highest BCUT2D eigenvalue weighted by Crippen LogP contribution is 2.29. The van der Waals surface area contributed by atoms with Crippen molar-refractivity contribution in [2.75, 3.05) is 44.3 Å². The number of aromatic nitrogens is 1. The zero-order valence-corrected chi connectivity index (χ0v) is 18.2. The second kappa shape index (κ2) is 9.63. The standard InChI is InChI=1S/C22H25N3O2S2/c1-17-5-7-18(8-6-17)19-16-29-22(23-19)25(21(26)20-4-2-15-28-20)10-3-9-24-11-13-27-14-12-24/h2,4-8,15-16H,3,9-14H2,1H3. The van der Waals surface area contributed by atoms with Crippen molar-refractivity contribution in [3.63, 3.8) is 0 Å². The molecule has 0 bridgehead atoms. The Morgan fingerprint density at radius 1 is 1.17 bits per heavy atom. The van der Waals surface area contributed by atoms with Gasteiger partial charge in [-0.3, -0.25) is 14.6 Å². The minimum absolute atomic E-state index is 0.0341. The van der Waals surface area contributed by atoms with E-state index in [2.05, 4.69) is 36.1 Å². The van der Waals surface area contributed by atoms with Crippen molar-refractivity contribution in [2.45, 2.75) is 13.3 Å². The molecule has 3 aromatic rings. The average molecular weight is 428 g/mol. The number of benzene rings is 1. The summed E-state index contributed by atoms with van der Waals surface area (Å²) in [6, 6.07) is 12.1. The first-order valence-corrected chi connectivity index (χ1v) is 11.6. The summed E-state index contributed by atoms with van der Waals surface area (Å²) in [5.41, 5.74) is 3.22. The predicted octanol–water partition coefficient (Wildman–Crippen LogP) is 4.55. The molecule has 3 heterocycles. The van der Waals surface area contributed by atoms with Crippen LogP contribution in [0.2, 0.25) is 0 Å². The maximum Gasteiger partial charge on any atom is 0.270 e. The van der Waals surface area contributed by atoms with Gasteiger partial charge in [-0.1, -0.05) is 35.9 Å². The lowest BCUT2D eigenvalue weighted by molar-refractivity contribution is 0.0376. The van der Waals surface area contributed by atoms with Crippen LogP contribution in [0.25, 0.3) is 11.3 Å². The molecular formula is C22H25N3O2S2. The number of rotatable bonds is 7. The van der Waals surface area contributed by atoms with Gasteiger partial charge in [0.25, 0.3) is 5.91 Å². The fourth-order valence-electron chi connectivity index (χ4n) is 3.34. The number of anilines is 1. The van der Waals surface area contributed by atoms with Crippen molar-refractivity contribution in [1.82, 2.24) is 9.88 Å². The summed E-state index contributed by atoms with van der Waals surface area (Å²) in [6.07, 6.45) is 0.913. The Morgan fingerprint density at radius 3 is 2.69 bits per heavy atom. The summed E-state index contributed by atoms with van der Waals surface area (Å²) in [5, 5.41) is 4.75. The Labute approximate surface area is 179 Å². The van der Waals surface area contributed by atoms with Crippen LogP contribution in [0.4, 0.5) is 5.13 Å². The first kappa shape index (κ1) is 20.2. The first-order valence-electron chi connectivity index (χ1n) is 9.89. The van der Waals surface area contributed by atoms with E-state index in [1.54, 1.807) is 0 Å². The molecular weight excluding hydrogens is 402 g/mol. The van der Waals surface area contributed by atoms with Gasteiger partial charge >= 0.3 is 0 Å². The van der Waals surface area contributed by atoms with E-state index in [4.69, 9.17) is 9.72 Å². The normalized spacial score (nSPS) is 14.8. The lowest BCUT2D eigenvalue weighted by Gasteiger charge is -2.27. The summed E-state index contributed by atoms with van der Waals surface area (Å²) in [7, 11) is 0. The topological polar surface area (TPSA) is 45.7 Å². The lowest BCUT2D eigenvalue weighted by Crippen LogP contribution is -2.39. The van der Waals surface area contributed by atoms with Crippen LogP contribution in [0.15, 0.2) is 47.2 Å². The fraction of sp³-hybridized carbons (Fsp3) is 0.364. The Kier molecular flexibility index (Phi) is 6.71. The van der Waals surface area contributed by atoms with E-state index in [1.165, 1.54) is 28.2 Å². The van der Waals surface area contributed by atoms with Crippen LogP contribution in [-0.4, -0.2) is 55.2 Å². The number of carbonyl (C=O) groups excluding carboxylic acids is 1. The van der Waals surface area contributed by atoms with Crippen LogP contribution in [0, 0.1) is 6.92 Å². The molecule has 1 fully saturated rings. The summed E-state index contributed by atoms with van der Waals surface area (Å²) < 4.78 is 5.42. The number of hydrogen-bond acceptors (Lipinski definition) is 6. The molecule has 1 aliphatic rings. The molecule has 0 spiro atoms. The van der Waals surface area contributed by atoms with E-state index < -0.39 is 0 Å². The molecule has 152 valence electrons. The number of thiophene rings is 1.